The highest BCUT2D eigenvalue weighted by Gasteiger charge is 2.46. The second-order valence-corrected chi connectivity index (χ2v) is 9.66. The Morgan fingerprint density at radius 1 is 1.26 bits per heavy atom. The number of ether oxygens (including phenoxy) is 2. The molecule has 1 aliphatic heterocycles. The highest BCUT2D eigenvalue weighted by molar-refractivity contribution is 7.85. The second kappa shape index (κ2) is 8.20. The standard InChI is InChI=1S/C21H20Cl2N2O5S/c1-13-3-6-19(31(26,27)28)14(2)20(13)18-10-29-21(30-18,11-25-8-7-24-12-25)16-5-4-15(22)9-17(16)23/h3-9,12,18H,10-11H2,1-2H3,(H,26,27,28)/t18-,21+/m0/s1. The minimum absolute atomic E-state index is 0.157. The van der Waals surface area contributed by atoms with Crippen LogP contribution in [0.15, 0.2) is 53.9 Å². The van der Waals surface area contributed by atoms with Crippen LogP contribution in [0.1, 0.15) is 28.4 Å². The number of halogens is 2. The molecule has 1 fully saturated rings. The van der Waals surface area contributed by atoms with Gasteiger partial charge < -0.3 is 14.0 Å². The first-order chi connectivity index (χ1) is 14.6. The van der Waals surface area contributed by atoms with Gasteiger partial charge in [-0.05, 0) is 48.7 Å². The van der Waals surface area contributed by atoms with Gasteiger partial charge in [0, 0.05) is 23.0 Å². The van der Waals surface area contributed by atoms with Gasteiger partial charge in [-0.15, -0.1) is 0 Å². The Morgan fingerprint density at radius 2 is 2.03 bits per heavy atom. The van der Waals surface area contributed by atoms with Crippen LogP contribution in [0.3, 0.4) is 0 Å². The summed E-state index contributed by atoms with van der Waals surface area (Å²) < 4.78 is 47.7. The van der Waals surface area contributed by atoms with Crippen molar-refractivity contribution in [3.63, 3.8) is 0 Å². The number of rotatable bonds is 5. The highest BCUT2D eigenvalue weighted by atomic mass is 35.5. The minimum Gasteiger partial charge on any atom is -0.341 e. The van der Waals surface area contributed by atoms with Crippen molar-refractivity contribution in [2.75, 3.05) is 6.61 Å². The van der Waals surface area contributed by atoms with Crippen LogP contribution in [0.25, 0.3) is 0 Å². The zero-order valence-corrected chi connectivity index (χ0v) is 19.1. The van der Waals surface area contributed by atoms with Gasteiger partial charge in [-0.2, -0.15) is 8.42 Å². The molecule has 1 N–H and O–H groups in total. The number of hydrogen-bond donors (Lipinski definition) is 1. The van der Waals surface area contributed by atoms with Gasteiger partial charge in [-0.1, -0.05) is 35.3 Å². The van der Waals surface area contributed by atoms with Gasteiger partial charge in [0.25, 0.3) is 10.1 Å². The van der Waals surface area contributed by atoms with Crippen molar-refractivity contribution in [2.24, 2.45) is 0 Å². The smallest absolute Gasteiger partial charge is 0.294 e. The van der Waals surface area contributed by atoms with Crippen molar-refractivity contribution in [1.29, 1.82) is 0 Å². The molecule has 2 atom stereocenters. The normalized spacial score (nSPS) is 21.5. The van der Waals surface area contributed by atoms with Crippen LogP contribution in [-0.4, -0.2) is 29.1 Å². The monoisotopic (exact) mass is 482 g/mol. The predicted octanol–water partition coefficient (Wildman–Crippen LogP) is 4.69. The van der Waals surface area contributed by atoms with Gasteiger partial charge in [0.1, 0.15) is 6.10 Å². The third-order valence-electron chi connectivity index (χ3n) is 5.37. The number of nitrogens with zero attached hydrogens (tertiary/aromatic N) is 2. The van der Waals surface area contributed by atoms with Crippen molar-refractivity contribution in [3.8, 4) is 0 Å². The van der Waals surface area contributed by atoms with Crippen molar-refractivity contribution in [3.05, 3.63) is 81.4 Å². The lowest BCUT2D eigenvalue weighted by atomic mass is 9.98. The van der Waals surface area contributed by atoms with Crippen molar-refractivity contribution >= 4 is 33.3 Å². The van der Waals surface area contributed by atoms with Crippen LogP contribution >= 0.6 is 23.2 Å². The maximum Gasteiger partial charge on any atom is 0.294 e. The Bertz CT molecular complexity index is 1230. The van der Waals surface area contributed by atoms with E-state index in [9.17, 15) is 13.0 Å². The zero-order chi connectivity index (χ0) is 22.4. The molecular formula is C21H20Cl2N2O5S. The molecule has 2 heterocycles. The largest absolute Gasteiger partial charge is 0.341 e. The zero-order valence-electron chi connectivity index (χ0n) is 16.7. The van der Waals surface area contributed by atoms with E-state index >= 15 is 0 Å². The van der Waals surface area contributed by atoms with Crippen LogP contribution in [0.5, 0.6) is 0 Å². The fourth-order valence-electron chi connectivity index (χ4n) is 4.00. The number of benzene rings is 2. The Kier molecular flexibility index (Phi) is 5.89. The second-order valence-electron chi connectivity index (χ2n) is 7.42. The third-order valence-corrected chi connectivity index (χ3v) is 6.92. The van der Waals surface area contributed by atoms with Crippen molar-refractivity contribution in [2.45, 2.75) is 37.2 Å². The van der Waals surface area contributed by atoms with E-state index in [2.05, 4.69) is 4.98 Å². The first-order valence-corrected chi connectivity index (χ1v) is 11.6. The summed E-state index contributed by atoms with van der Waals surface area (Å²) >= 11 is 12.6. The SMILES string of the molecule is Cc1ccc(S(=O)(=O)O)c(C)c1[C@@H]1CO[C@@](Cn2ccnc2)(c2ccc(Cl)cc2Cl)O1. The van der Waals surface area contributed by atoms with Crippen LogP contribution in [0, 0.1) is 13.8 Å². The number of imidazole rings is 1. The van der Waals surface area contributed by atoms with Gasteiger partial charge in [0.2, 0.25) is 5.79 Å². The molecule has 31 heavy (non-hydrogen) atoms. The molecule has 2 aromatic carbocycles. The summed E-state index contributed by atoms with van der Waals surface area (Å²) in [4.78, 5) is 3.91. The first-order valence-electron chi connectivity index (χ1n) is 9.41. The Balaban J connectivity index is 1.80. The van der Waals surface area contributed by atoms with Gasteiger partial charge in [-0.25, -0.2) is 4.98 Å². The molecule has 7 nitrogen and oxygen atoms in total. The number of hydrogen-bond acceptors (Lipinski definition) is 5. The van der Waals surface area contributed by atoms with E-state index in [1.54, 1.807) is 49.9 Å². The molecule has 1 aliphatic rings. The Hall–Kier alpha value is -1.94. The summed E-state index contributed by atoms with van der Waals surface area (Å²) in [6.45, 7) is 3.91. The molecule has 0 bridgehead atoms. The van der Waals surface area contributed by atoms with E-state index in [0.717, 1.165) is 5.56 Å². The van der Waals surface area contributed by atoms with Gasteiger partial charge in [0.05, 0.1) is 29.4 Å². The first kappa shape index (κ1) is 22.3. The lowest BCUT2D eigenvalue weighted by Crippen LogP contribution is -2.33. The molecule has 4 rings (SSSR count). The minimum atomic E-state index is -4.38. The van der Waals surface area contributed by atoms with E-state index in [4.69, 9.17) is 32.7 Å². The number of aromatic nitrogens is 2. The molecule has 0 saturated carbocycles. The van der Waals surface area contributed by atoms with E-state index in [1.165, 1.54) is 6.07 Å². The average molecular weight is 483 g/mol. The molecule has 0 unspecified atom stereocenters. The van der Waals surface area contributed by atoms with E-state index < -0.39 is 22.0 Å². The molecule has 1 aromatic heterocycles. The Morgan fingerprint density at radius 3 is 2.68 bits per heavy atom. The topological polar surface area (TPSA) is 90.7 Å². The molecule has 10 heteroatoms. The van der Waals surface area contributed by atoms with Gasteiger partial charge in [-0.3, -0.25) is 4.55 Å². The van der Waals surface area contributed by atoms with Gasteiger partial charge >= 0.3 is 0 Å². The molecule has 0 amide bonds. The van der Waals surface area contributed by atoms with Crippen molar-refractivity contribution in [1.82, 2.24) is 9.55 Å². The molecule has 164 valence electrons. The molecule has 0 spiro atoms. The van der Waals surface area contributed by atoms with Crippen LogP contribution < -0.4 is 0 Å². The summed E-state index contributed by atoms with van der Waals surface area (Å²) in [5.74, 6) is -1.25. The number of aryl methyl sites for hydroxylation is 1. The molecular weight excluding hydrogens is 463 g/mol. The van der Waals surface area contributed by atoms with E-state index in [1.807, 2.05) is 11.5 Å². The van der Waals surface area contributed by atoms with Crippen LogP contribution in [-0.2, 0) is 31.9 Å². The van der Waals surface area contributed by atoms with Crippen LogP contribution in [0.2, 0.25) is 10.0 Å². The molecule has 3 aromatic rings. The maximum absolute atomic E-state index is 11.8. The molecule has 0 aliphatic carbocycles. The maximum atomic E-state index is 11.8. The quantitative estimate of drug-likeness (QED) is 0.530. The van der Waals surface area contributed by atoms with E-state index in [-0.39, 0.29) is 18.0 Å². The summed E-state index contributed by atoms with van der Waals surface area (Å²) in [5.41, 5.74) is 2.47. The predicted molar refractivity (Wildman–Crippen MR) is 116 cm³/mol. The third kappa shape index (κ3) is 4.24. The Labute approximate surface area is 190 Å². The fraction of sp³-hybridized carbons (Fsp3) is 0.286. The summed E-state index contributed by atoms with van der Waals surface area (Å²) in [5, 5.41) is 0.863. The highest BCUT2D eigenvalue weighted by Crippen LogP contribution is 2.46. The summed E-state index contributed by atoms with van der Waals surface area (Å²) in [6, 6.07) is 8.09. The average Bonchev–Trinajstić information content (AvgIpc) is 3.32. The van der Waals surface area contributed by atoms with E-state index in [0.29, 0.717) is 26.7 Å². The lowest BCUT2D eigenvalue weighted by molar-refractivity contribution is -0.187. The lowest BCUT2D eigenvalue weighted by Gasteiger charge is -2.30. The van der Waals surface area contributed by atoms with Gasteiger partial charge in [0.15, 0.2) is 0 Å². The molecule has 0 radical (unpaired) electrons. The van der Waals surface area contributed by atoms with Crippen LogP contribution in [0.4, 0.5) is 0 Å². The molecule has 1 saturated heterocycles. The summed E-state index contributed by atoms with van der Waals surface area (Å²) in [6.07, 6.45) is 4.48. The van der Waals surface area contributed by atoms with Crippen molar-refractivity contribution < 1.29 is 22.4 Å². The fourth-order valence-corrected chi connectivity index (χ4v) is 5.29. The summed E-state index contributed by atoms with van der Waals surface area (Å²) in [7, 11) is -4.38.